The van der Waals surface area contributed by atoms with Crippen LogP contribution in [0.25, 0.3) is 17.7 Å². The van der Waals surface area contributed by atoms with Crippen LogP contribution >= 0.6 is 23.5 Å². The third-order valence-corrected chi connectivity index (χ3v) is 5.32. The number of rotatable bonds is 5. The normalized spacial score (nSPS) is 17.0. The van der Waals surface area contributed by atoms with Crippen LogP contribution in [-0.4, -0.2) is 12.5 Å². The van der Waals surface area contributed by atoms with Crippen molar-refractivity contribution < 1.29 is 0 Å². The molecule has 1 atom stereocenters. The van der Waals surface area contributed by atoms with E-state index in [9.17, 15) is 0 Å². The second kappa shape index (κ2) is 7.75. The lowest BCUT2D eigenvalue weighted by molar-refractivity contribution is 0.944. The maximum Gasteiger partial charge on any atom is 0.0227 e. The molecule has 0 amide bonds. The summed E-state index contributed by atoms with van der Waals surface area (Å²) < 4.78 is 0. The molecule has 0 saturated heterocycles. The summed E-state index contributed by atoms with van der Waals surface area (Å²) in [5.74, 6) is 0.419. The van der Waals surface area contributed by atoms with Gasteiger partial charge >= 0.3 is 0 Å². The highest BCUT2D eigenvalue weighted by Gasteiger charge is 2.17. The average Bonchev–Trinajstić information content (AvgIpc) is 2.76. The minimum Gasteiger partial charge on any atom is -0.129 e. The van der Waals surface area contributed by atoms with Crippen molar-refractivity contribution in [1.82, 2.24) is 0 Å². The molecule has 1 aliphatic rings. The lowest BCUT2D eigenvalue weighted by Crippen LogP contribution is -1.98. The fraction of sp³-hybridized carbons (Fsp3) is 0.200. The van der Waals surface area contributed by atoms with Gasteiger partial charge in [0.15, 0.2) is 0 Å². The molecule has 0 nitrogen and oxygen atoms in total. The Morgan fingerprint density at radius 1 is 1.09 bits per heavy atom. The monoisotopic (exact) mass is 326 g/mol. The van der Waals surface area contributed by atoms with Crippen LogP contribution < -0.4 is 0 Å². The summed E-state index contributed by atoms with van der Waals surface area (Å²) in [6.45, 7) is 10.3. The average molecular weight is 327 g/mol. The number of allylic oxidation sites excluding steroid dienone is 6. The van der Waals surface area contributed by atoms with Crippen LogP contribution in [0.4, 0.5) is 0 Å². The largest absolute Gasteiger partial charge is 0.129 e. The van der Waals surface area contributed by atoms with E-state index in [0.717, 1.165) is 0 Å². The van der Waals surface area contributed by atoms with Crippen LogP contribution in [-0.2, 0) is 0 Å². The molecule has 1 unspecified atom stereocenters. The Morgan fingerprint density at radius 2 is 1.86 bits per heavy atom. The summed E-state index contributed by atoms with van der Waals surface area (Å²) in [4.78, 5) is 2.52. The van der Waals surface area contributed by atoms with Crippen molar-refractivity contribution >= 4 is 41.2 Å². The first-order valence-electron chi connectivity index (χ1n) is 7.27. The lowest BCUT2D eigenvalue weighted by atomic mass is 9.94. The van der Waals surface area contributed by atoms with Gasteiger partial charge in [-0.3, -0.25) is 0 Å². The minimum atomic E-state index is 0.419. The second-order valence-electron chi connectivity index (χ2n) is 5.12. The van der Waals surface area contributed by atoms with Crippen LogP contribution in [0.15, 0.2) is 59.4 Å². The van der Waals surface area contributed by atoms with Crippen LogP contribution in [0.1, 0.15) is 23.6 Å². The topological polar surface area (TPSA) is 0 Å². The van der Waals surface area contributed by atoms with Crippen LogP contribution in [0.3, 0.4) is 0 Å². The van der Waals surface area contributed by atoms with Crippen molar-refractivity contribution in [3.8, 4) is 0 Å². The van der Waals surface area contributed by atoms with Crippen molar-refractivity contribution in [3.63, 3.8) is 0 Å². The predicted molar refractivity (Wildman–Crippen MR) is 106 cm³/mol. The Morgan fingerprint density at radius 3 is 2.45 bits per heavy atom. The van der Waals surface area contributed by atoms with Gasteiger partial charge in [-0.2, -0.15) is 0 Å². The zero-order valence-corrected chi connectivity index (χ0v) is 15.1. The summed E-state index contributed by atoms with van der Waals surface area (Å²) in [7, 11) is 0. The smallest absolute Gasteiger partial charge is 0.0227 e. The Kier molecular flexibility index (Phi) is 5.98. The van der Waals surface area contributed by atoms with E-state index in [-0.39, 0.29) is 0 Å². The van der Waals surface area contributed by atoms with E-state index >= 15 is 0 Å². The standard InChI is InChI=1S/C20H22S2/c1-6-15-13-18(21-4)17(7-2)19(20(15)22-5)16-11-9-8-10-14(3)12-16/h6-14H,1-2H2,3-5H3. The summed E-state index contributed by atoms with van der Waals surface area (Å²) in [5.41, 5.74) is 4.94. The first kappa shape index (κ1) is 17.0. The molecule has 1 aromatic carbocycles. The van der Waals surface area contributed by atoms with E-state index < -0.39 is 0 Å². The third kappa shape index (κ3) is 3.34. The Balaban J connectivity index is 2.82. The quantitative estimate of drug-likeness (QED) is 0.562. The predicted octanol–water partition coefficient (Wildman–Crippen LogP) is 6.56. The molecule has 2 rings (SSSR count). The molecule has 0 saturated carbocycles. The number of thioether (sulfide) groups is 2. The summed E-state index contributed by atoms with van der Waals surface area (Å²) in [6.07, 6.45) is 19.1. The first-order chi connectivity index (χ1) is 10.7. The number of hydrogen-bond acceptors (Lipinski definition) is 2. The van der Waals surface area contributed by atoms with Gasteiger partial charge in [-0.05, 0) is 41.2 Å². The van der Waals surface area contributed by atoms with Gasteiger partial charge in [-0.1, -0.05) is 62.6 Å². The van der Waals surface area contributed by atoms with Gasteiger partial charge < -0.3 is 0 Å². The van der Waals surface area contributed by atoms with Crippen molar-refractivity contribution in [1.29, 1.82) is 0 Å². The third-order valence-electron chi connectivity index (χ3n) is 3.69. The van der Waals surface area contributed by atoms with E-state index in [1.807, 2.05) is 12.2 Å². The highest BCUT2D eigenvalue weighted by molar-refractivity contribution is 7.99. The molecule has 0 radical (unpaired) electrons. The van der Waals surface area contributed by atoms with E-state index in [1.54, 1.807) is 23.5 Å². The zero-order valence-electron chi connectivity index (χ0n) is 13.4. The van der Waals surface area contributed by atoms with Gasteiger partial charge in [-0.25, -0.2) is 0 Å². The fourth-order valence-corrected chi connectivity index (χ4v) is 4.12. The maximum atomic E-state index is 4.05. The van der Waals surface area contributed by atoms with Crippen molar-refractivity contribution in [2.45, 2.75) is 16.7 Å². The zero-order chi connectivity index (χ0) is 16.1. The SMILES string of the molecule is C=Cc1cc(SC)c(C=C)c(C2=CC(C)C=CC=C2)c1SC. The van der Waals surface area contributed by atoms with Crippen LogP contribution in [0.2, 0.25) is 0 Å². The minimum absolute atomic E-state index is 0.419. The van der Waals surface area contributed by atoms with Gasteiger partial charge in [0.25, 0.3) is 0 Å². The van der Waals surface area contributed by atoms with Gasteiger partial charge in [0.1, 0.15) is 0 Å². The molecule has 0 aromatic heterocycles. The van der Waals surface area contributed by atoms with Crippen LogP contribution in [0, 0.1) is 5.92 Å². The molecule has 2 heteroatoms. The highest BCUT2D eigenvalue weighted by atomic mass is 32.2. The Labute approximate surface area is 142 Å². The molecule has 0 spiro atoms. The highest BCUT2D eigenvalue weighted by Crippen LogP contribution is 2.40. The fourth-order valence-electron chi connectivity index (χ4n) is 2.66. The molecule has 0 fully saturated rings. The van der Waals surface area contributed by atoms with E-state index in [1.165, 1.54) is 32.1 Å². The molecule has 0 N–H and O–H groups in total. The van der Waals surface area contributed by atoms with Crippen molar-refractivity contribution in [3.05, 3.63) is 66.3 Å². The number of benzene rings is 1. The van der Waals surface area contributed by atoms with Gasteiger partial charge in [0.2, 0.25) is 0 Å². The number of hydrogen-bond donors (Lipinski definition) is 0. The molecular formula is C20H22S2. The molecular weight excluding hydrogens is 304 g/mol. The summed E-state index contributed by atoms with van der Waals surface area (Å²) in [6, 6.07) is 2.21. The lowest BCUT2D eigenvalue weighted by Gasteiger charge is -2.19. The Bertz CT molecular complexity index is 675. The van der Waals surface area contributed by atoms with E-state index in [4.69, 9.17) is 0 Å². The molecule has 0 aliphatic heterocycles. The first-order valence-corrected chi connectivity index (χ1v) is 9.72. The van der Waals surface area contributed by atoms with Gasteiger partial charge in [0, 0.05) is 15.4 Å². The molecule has 1 aromatic rings. The molecule has 0 heterocycles. The molecule has 114 valence electrons. The van der Waals surface area contributed by atoms with E-state index in [2.05, 4.69) is 69.0 Å². The summed E-state index contributed by atoms with van der Waals surface area (Å²) >= 11 is 3.53. The molecule has 22 heavy (non-hydrogen) atoms. The Hall–Kier alpha value is -1.38. The van der Waals surface area contributed by atoms with Crippen molar-refractivity contribution in [2.75, 3.05) is 12.5 Å². The van der Waals surface area contributed by atoms with Crippen LogP contribution in [0.5, 0.6) is 0 Å². The molecule has 1 aliphatic carbocycles. The maximum absolute atomic E-state index is 4.05. The second-order valence-corrected chi connectivity index (χ2v) is 6.79. The van der Waals surface area contributed by atoms with E-state index in [0.29, 0.717) is 5.92 Å². The summed E-state index contributed by atoms with van der Waals surface area (Å²) in [5, 5.41) is 0. The molecule has 0 bridgehead atoms. The van der Waals surface area contributed by atoms with Gasteiger partial charge in [-0.15, -0.1) is 23.5 Å². The van der Waals surface area contributed by atoms with Gasteiger partial charge in [0.05, 0.1) is 0 Å². The van der Waals surface area contributed by atoms with Crippen molar-refractivity contribution in [2.24, 2.45) is 5.92 Å².